The first kappa shape index (κ1) is 20.4. The van der Waals surface area contributed by atoms with Crippen molar-refractivity contribution in [2.24, 2.45) is 0 Å². The summed E-state index contributed by atoms with van der Waals surface area (Å²) in [6.45, 7) is 0.823. The third-order valence-corrected chi connectivity index (χ3v) is 4.91. The van der Waals surface area contributed by atoms with Crippen LogP contribution in [0, 0.1) is 15.9 Å². The number of rotatable bonds is 5. The highest BCUT2D eigenvalue weighted by Crippen LogP contribution is 2.30. The van der Waals surface area contributed by atoms with Gasteiger partial charge in [-0.05, 0) is 30.7 Å². The van der Waals surface area contributed by atoms with E-state index < -0.39 is 52.0 Å². The molecule has 4 amide bonds. The number of hydrogen-bond acceptors (Lipinski definition) is 5. The highest BCUT2D eigenvalue weighted by molar-refractivity contribution is 9.10. The molecule has 0 saturated carbocycles. The van der Waals surface area contributed by atoms with E-state index in [9.17, 15) is 28.9 Å². The minimum atomic E-state index is -1.38. The second kappa shape index (κ2) is 7.59. The number of hydrogen-bond donors (Lipinski definition) is 2. The zero-order chi connectivity index (χ0) is 21.3. The van der Waals surface area contributed by atoms with Gasteiger partial charge in [0, 0.05) is 16.6 Å². The van der Waals surface area contributed by atoms with E-state index >= 15 is 0 Å². The summed E-state index contributed by atoms with van der Waals surface area (Å²) in [5.74, 6) is -2.43. The van der Waals surface area contributed by atoms with Crippen LogP contribution in [0.3, 0.4) is 0 Å². The van der Waals surface area contributed by atoms with Crippen molar-refractivity contribution in [3.8, 4) is 0 Å². The Kier molecular flexibility index (Phi) is 5.33. The lowest BCUT2D eigenvalue weighted by Gasteiger charge is -2.22. The first-order valence-corrected chi connectivity index (χ1v) is 9.05. The van der Waals surface area contributed by atoms with Crippen molar-refractivity contribution in [1.29, 1.82) is 0 Å². The van der Waals surface area contributed by atoms with Crippen LogP contribution in [-0.4, -0.2) is 34.2 Å². The van der Waals surface area contributed by atoms with Crippen molar-refractivity contribution in [2.45, 2.75) is 12.5 Å². The van der Waals surface area contributed by atoms with E-state index in [-0.39, 0.29) is 0 Å². The van der Waals surface area contributed by atoms with Crippen LogP contribution >= 0.6 is 15.9 Å². The molecule has 0 bridgehead atoms. The number of nitro benzene ring substituents is 1. The number of imide groups is 1. The lowest BCUT2D eigenvalue weighted by Crippen LogP contribution is -2.42. The number of non-ortho nitro benzene ring substituents is 1. The van der Waals surface area contributed by atoms with Crippen molar-refractivity contribution < 1.29 is 23.7 Å². The molecule has 0 aromatic heterocycles. The minimum Gasteiger partial charge on any atom is -0.322 e. The standard InChI is InChI=1S/C18H14BrFN4O5/c1-18(10-3-2-4-11(19)7-10)16(26)23(17(27)22-18)9-15(25)21-14-8-12(24(28)29)5-6-13(14)20/h2-8H,9H2,1H3,(H,21,25)(H,22,27)/t18-/m0/s1. The molecule has 1 heterocycles. The summed E-state index contributed by atoms with van der Waals surface area (Å²) >= 11 is 3.30. The largest absolute Gasteiger partial charge is 0.325 e. The van der Waals surface area contributed by atoms with Gasteiger partial charge in [-0.3, -0.25) is 24.6 Å². The van der Waals surface area contributed by atoms with Crippen LogP contribution in [0.4, 0.5) is 20.6 Å². The number of carbonyl (C=O) groups excluding carboxylic acids is 3. The van der Waals surface area contributed by atoms with Gasteiger partial charge in [-0.15, -0.1) is 0 Å². The number of halogens is 2. The van der Waals surface area contributed by atoms with Crippen molar-refractivity contribution >= 4 is 45.2 Å². The zero-order valence-electron chi connectivity index (χ0n) is 14.9. The number of anilines is 1. The van der Waals surface area contributed by atoms with Crippen molar-refractivity contribution in [3.63, 3.8) is 0 Å². The predicted molar refractivity (Wildman–Crippen MR) is 103 cm³/mol. The average molecular weight is 465 g/mol. The van der Waals surface area contributed by atoms with Crippen molar-refractivity contribution in [2.75, 3.05) is 11.9 Å². The molecule has 2 aromatic carbocycles. The van der Waals surface area contributed by atoms with Crippen LogP contribution in [-0.2, 0) is 15.1 Å². The summed E-state index contributed by atoms with van der Waals surface area (Å²) in [4.78, 5) is 48.2. The van der Waals surface area contributed by atoms with Crippen molar-refractivity contribution in [3.05, 3.63) is 68.4 Å². The van der Waals surface area contributed by atoms with Gasteiger partial charge in [0.1, 0.15) is 17.9 Å². The molecule has 1 aliphatic rings. The second-order valence-corrected chi connectivity index (χ2v) is 7.34. The van der Waals surface area contributed by atoms with E-state index in [0.717, 1.165) is 18.2 Å². The Bertz CT molecular complexity index is 1050. The Morgan fingerprint density at radius 1 is 1.31 bits per heavy atom. The Balaban J connectivity index is 1.78. The molecule has 0 spiro atoms. The van der Waals surface area contributed by atoms with Crippen LogP contribution in [0.2, 0.25) is 0 Å². The molecule has 150 valence electrons. The molecule has 3 rings (SSSR count). The number of benzene rings is 2. The molecule has 0 aliphatic carbocycles. The van der Waals surface area contributed by atoms with E-state index in [1.807, 2.05) is 0 Å². The van der Waals surface area contributed by atoms with E-state index in [1.165, 1.54) is 6.92 Å². The lowest BCUT2D eigenvalue weighted by atomic mass is 9.92. The highest BCUT2D eigenvalue weighted by atomic mass is 79.9. The van der Waals surface area contributed by atoms with Crippen LogP contribution < -0.4 is 10.6 Å². The fraction of sp³-hybridized carbons (Fsp3) is 0.167. The smallest absolute Gasteiger partial charge is 0.322 e. The summed E-state index contributed by atoms with van der Waals surface area (Å²) in [5, 5.41) is 15.5. The van der Waals surface area contributed by atoms with Gasteiger partial charge in [0.05, 0.1) is 10.6 Å². The molecule has 2 N–H and O–H groups in total. The molecule has 0 radical (unpaired) electrons. The number of amides is 4. The van der Waals surface area contributed by atoms with Gasteiger partial charge in [-0.2, -0.15) is 0 Å². The van der Waals surface area contributed by atoms with Gasteiger partial charge in [0.25, 0.3) is 11.6 Å². The van der Waals surface area contributed by atoms with Gasteiger partial charge in [-0.25, -0.2) is 9.18 Å². The Labute approximate surface area is 172 Å². The average Bonchev–Trinajstić information content (AvgIpc) is 2.87. The van der Waals surface area contributed by atoms with Crippen LogP contribution in [0.25, 0.3) is 0 Å². The number of nitrogens with zero attached hydrogens (tertiary/aromatic N) is 2. The van der Waals surface area contributed by atoms with Gasteiger partial charge in [-0.1, -0.05) is 28.1 Å². The highest BCUT2D eigenvalue weighted by Gasteiger charge is 2.49. The third kappa shape index (κ3) is 3.94. The molecule has 11 heteroatoms. The molecule has 1 atom stereocenters. The maximum atomic E-state index is 13.8. The van der Waals surface area contributed by atoms with Gasteiger partial charge in [0.2, 0.25) is 5.91 Å². The minimum absolute atomic E-state index is 0.418. The van der Waals surface area contributed by atoms with Crippen molar-refractivity contribution in [1.82, 2.24) is 10.2 Å². The molecule has 0 unspecified atom stereocenters. The zero-order valence-corrected chi connectivity index (χ0v) is 16.5. The molecule has 1 fully saturated rings. The first-order valence-electron chi connectivity index (χ1n) is 8.26. The van der Waals surface area contributed by atoms with E-state index in [0.29, 0.717) is 14.9 Å². The Morgan fingerprint density at radius 2 is 2.03 bits per heavy atom. The Morgan fingerprint density at radius 3 is 2.69 bits per heavy atom. The molecule has 9 nitrogen and oxygen atoms in total. The molecule has 2 aromatic rings. The summed E-state index contributed by atoms with van der Waals surface area (Å²) in [7, 11) is 0. The number of carbonyl (C=O) groups is 3. The fourth-order valence-corrected chi connectivity index (χ4v) is 3.29. The summed E-state index contributed by atoms with van der Waals surface area (Å²) in [6, 6.07) is 8.64. The normalized spacial score (nSPS) is 18.5. The maximum absolute atomic E-state index is 13.8. The maximum Gasteiger partial charge on any atom is 0.325 e. The monoisotopic (exact) mass is 464 g/mol. The van der Waals surface area contributed by atoms with Crippen LogP contribution in [0.15, 0.2) is 46.9 Å². The van der Waals surface area contributed by atoms with Gasteiger partial charge in [0.15, 0.2) is 0 Å². The molecule has 1 saturated heterocycles. The molecular formula is C18H14BrFN4O5. The fourth-order valence-electron chi connectivity index (χ4n) is 2.89. The van der Waals surface area contributed by atoms with E-state index in [4.69, 9.17) is 0 Å². The van der Waals surface area contributed by atoms with Gasteiger partial charge >= 0.3 is 6.03 Å². The first-order chi connectivity index (χ1) is 13.6. The van der Waals surface area contributed by atoms with Gasteiger partial charge < -0.3 is 10.6 Å². The van der Waals surface area contributed by atoms with E-state index in [2.05, 4.69) is 26.6 Å². The molecular weight excluding hydrogens is 451 g/mol. The van der Waals surface area contributed by atoms with Crippen LogP contribution in [0.5, 0.6) is 0 Å². The summed E-state index contributed by atoms with van der Waals surface area (Å²) in [5.41, 5.74) is -1.71. The number of nitro groups is 1. The number of urea groups is 1. The molecule has 1 aliphatic heterocycles. The summed E-state index contributed by atoms with van der Waals surface area (Å²) < 4.78 is 14.5. The van der Waals surface area contributed by atoms with Crippen LogP contribution in [0.1, 0.15) is 12.5 Å². The van der Waals surface area contributed by atoms with E-state index in [1.54, 1.807) is 24.3 Å². The third-order valence-electron chi connectivity index (χ3n) is 4.41. The lowest BCUT2D eigenvalue weighted by molar-refractivity contribution is -0.384. The quantitative estimate of drug-likeness (QED) is 0.400. The predicted octanol–water partition coefficient (Wildman–Crippen LogP) is 2.90. The molecule has 29 heavy (non-hydrogen) atoms. The summed E-state index contributed by atoms with van der Waals surface area (Å²) in [6.07, 6.45) is 0. The second-order valence-electron chi connectivity index (χ2n) is 6.43. The number of nitrogens with one attached hydrogen (secondary N) is 2. The topological polar surface area (TPSA) is 122 Å². The SMILES string of the molecule is C[C@@]1(c2cccc(Br)c2)NC(=O)N(CC(=O)Nc2cc([N+](=O)[O-])ccc2F)C1=O. The Hall–Kier alpha value is -3.34.